The van der Waals surface area contributed by atoms with E-state index in [0.29, 0.717) is 37.7 Å². The van der Waals surface area contributed by atoms with Crippen molar-refractivity contribution in [2.24, 2.45) is 5.73 Å². The molecule has 0 radical (unpaired) electrons. The molecular formula is C17H22Cl2N2O3. The van der Waals surface area contributed by atoms with Gasteiger partial charge in [-0.1, -0.05) is 17.7 Å². The average Bonchev–Trinajstić information content (AvgIpc) is 2.55. The molecule has 1 heterocycles. The van der Waals surface area contributed by atoms with Crippen LogP contribution >= 0.6 is 24.0 Å². The number of nitriles is 1. The number of nitrogens with two attached hydrogens (primary N) is 1. The van der Waals surface area contributed by atoms with E-state index in [0.717, 1.165) is 11.1 Å². The molecule has 1 aromatic rings. The normalized spacial score (nSPS) is 17.2. The highest BCUT2D eigenvalue weighted by molar-refractivity contribution is 6.30. The third-order valence-corrected chi connectivity index (χ3v) is 4.37. The minimum atomic E-state index is -0.610. The van der Waals surface area contributed by atoms with Crippen molar-refractivity contribution in [3.8, 4) is 6.07 Å². The molecular weight excluding hydrogens is 351 g/mol. The second-order valence-corrected chi connectivity index (χ2v) is 6.13. The number of benzene rings is 1. The zero-order valence-corrected chi connectivity index (χ0v) is 15.2. The van der Waals surface area contributed by atoms with Crippen LogP contribution in [0.2, 0.25) is 5.02 Å². The van der Waals surface area contributed by atoms with E-state index in [9.17, 15) is 10.1 Å². The van der Waals surface area contributed by atoms with Crippen molar-refractivity contribution in [2.75, 3.05) is 19.8 Å². The first kappa shape index (κ1) is 20.7. The van der Waals surface area contributed by atoms with Crippen LogP contribution in [0.1, 0.15) is 43.4 Å². The van der Waals surface area contributed by atoms with Gasteiger partial charge in [0.1, 0.15) is 0 Å². The van der Waals surface area contributed by atoms with Gasteiger partial charge in [0.05, 0.1) is 24.5 Å². The van der Waals surface area contributed by atoms with Crippen LogP contribution in [0, 0.1) is 11.3 Å². The molecule has 132 valence electrons. The zero-order valence-electron chi connectivity index (χ0n) is 13.6. The summed E-state index contributed by atoms with van der Waals surface area (Å²) in [5.74, 6) is -0.345. The summed E-state index contributed by atoms with van der Waals surface area (Å²) in [5, 5.41) is 10.2. The number of esters is 1. The highest BCUT2D eigenvalue weighted by atomic mass is 35.5. The fourth-order valence-corrected chi connectivity index (χ4v) is 3.05. The van der Waals surface area contributed by atoms with Crippen molar-refractivity contribution in [1.82, 2.24) is 0 Å². The van der Waals surface area contributed by atoms with E-state index < -0.39 is 11.5 Å². The lowest BCUT2D eigenvalue weighted by Gasteiger charge is -2.31. The molecule has 24 heavy (non-hydrogen) atoms. The van der Waals surface area contributed by atoms with E-state index in [4.69, 9.17) is 26.8 Å². The molecule has 0 amide bonds. The molecule has 1 aliphatic rings. The summed E-state index contributed by atoms with van der Waals surface area (Å²) < 4.78 is 10.3. The number of nitrogens with zero attached hydrogens (tertiary/aromatic N) is 1. The number of hydrogen-bond acceptors (Lipinski definition) is 5. The minimum Gasteiger partial charge on any atom is -0.466 e. The Balaban J connectivity index is 0.00000288. The maximum Gasteiger partial charge on any atom is 0.307 e. The summed E-state index contributed by atoms with van der Waals surface area (Å²) in [4.78, 5) is 11.6. The van der Waals surface area contributed by atoms with E-state index >= 15 is 0 Å². The third-order valence-electron chi connectivity index (χ3n) is 4.15. The molecule has 2 rings (SSSR count). The Bertz CT molecular complexity index is 610. The standard InChI is InChI=1S/C17H21ClN2O3.ClH/c1-2-23-16(21)10-15(20)12-7-13(9-14(18)8-12)17(11-19)3-5-22-6-4-17;/h7-9,15H,2-6,10,20H2,1H3;1H. The van der Waals surface area contributed by atoms with Crippen LogP contribution < -0.4 is 5.73 Å². The summed E-state index contributed by atoms with van der Waals surface area (Å²) in [6.45, 7) is 3.17. The van der Waals surface area contributed by atoms with Crippen LogP contribution in [0.4, 0.5) is 0 Å². The summed E-state index contributed by atoms with van der Waals surface area (Å²) in [5.41, 5.74) is 7.08. The molecule has 1 aromatic carbocycles. The van der Waals surface area contributed by atoms with Gasteiger partial charge in [0, 0.05) is 24.3 Å². The maximum absolute atomic E-state index is 11.6. The Morgan fingerprint density at radius 3 is 2.71 bits per heavy atom. The van der Waals surface area contributed by atoms with Gasteiger partial charge in [0.25, 0.3) is 0 Å². The predicted molar refractivity (Wildman–Crippen MR) is 94.2 cm³/mol. The van der Waals surface area contributed by atoms with Crippen LogP contribution in [0.3, 0.4) is 0 Å². The lowest BCUT2D eigenvalue weighted by atomic mass is 9.75. The topological polar surface area (TPSA) is 85.3 Å². The monoisotopic (exact) mass is 372 g/mol. The highest BCUT2D eigenvalue weighted by Gasteiger charge is 2.35. The number of halogens is 2. The molecule has 0 aliphatic carbocycles. The molecule has 5 nitrogen and oxygen atoms in total. The van der Waals surface area contributed by atoms with Gasteiger partial charge in [-0.25, -0.2) is 0 Å². The first-order valence-electron chi connectivity index (χ1n) is 7.72. The Morgan fingerprint density at radius 1 is 1.46 bits per heavy atom. The molecule has 1 fully saturated rings. The summed E-state index contributed by atoms with van der Waals surface area (Å²) >= 11 is 6.22. The van der Waals surface area contributed by atoms with Crippen LogP contribution in [-0.2, 0) is 19.7 Å². The number of carbonyl (C=O) groups is 1. The summed E-state index contributed by atoms with van der Waals surface area (Å²) in [6, 6.07) is 7.32. The van der Waals surface area contributed by atoms with Crippen molar-refractivity contribution in [3.05, 3.63) is 34.3 Å². The SMILES string of the molecule is CCOC(=O)CC(N)c1cc(Cl)cc(C2(C#N)CCOCC2)c1.Cl. The fraction of sp³-hybridized carbons (Fsp3) is 0.529. The molecule has 0 saturated carbocycles. The van der Waals surface area contributed by atoms with Gasteiger partial charge in [-0.05, 0) is 43.0 Å². The van der Waals surface area contributed by atoms with Crippen molar-refractivity contribution < 1.29 is 14.3 Å². The smallest absolute Gasteiger partial charge is 0.307 e. The number of ether oxygens (including phenoxy) is 2. The first-order chi connectivity index (χ1) is 11.0. The largest absolute Gasteiger partial charge is 0.466 e. The molecule has 1 aliphatic heterocycles. The van der Waals surface area contributed by atoms with Gasteiger partial charge in [-0.2, -0.15) is 5.26 Å². The van der Waals surface area contributed by atoms with E-state index in [1.807, 2.05) is 6.07 Å². The minimum absolute atomic E-state index is 0. The van der Waals surface area contributed by atoms with Gasteiger partial charge < -0.3 is 15.2 Å². The van der Waals surface area contributed by atoms with Gasteiger partial charge in [0.2, 0.25) is 0 Å². The van der Waals surface area contributed by atoms with Gasteiger partial charge in [-0.15, -0.1) is 12.4 Å². The lowest BCUT2D eigenvalue weighted by Crippen LogP contribution is -2.32. The summed E-state index contributed by atoms with van der Waals surface area (Å²) in [7, 11) is 0. The second kappa shape index (κ2) is 9.24. The molecule has 0 bridgehead atoms. The number of carbonyl (C=O) groups excluding carboxylic acids is 1. The number of hydrogen-bond donors (Lipinski definition) is 1. The quantitative estimate of drug-likeness (QED) is 0.801. The number of rotatable bonds is 5. The third kappa shape index (κ3) is 4.84. The van der Waals surface area contributed by atoms with Crippen molar-refractivity contribution >= 4 is 30.0 Å². The van der Waals surface area contributed by atoms with Crippen LogP contribution in [0.15, 0.2) is 18.2 Å². The molecule has 7 heteroatoms. The van der Waals surface area contributed by atoms with Crippen molar-refractivity contribution in [2.45, 2.75) is 37.6 Å². The van der Waals surface area contributed by atoms with Gasteiger partial charge in [0.15, 0.2) is 0 Å². The Morgan fingerprint density at radius 2 is 2.12 bits per heavy atom. The maximum atomic E-state index is 11.6. The fourth-order valence-electron chi connectivity index (χ4n) is 2.80. The Kier molecular flexibility index (Phi) is 7.98. The molecule has 2 N–H and O–H groups in total. The molecule has 1 saturated heterocycles. The zero-order chi connectivity index (χ0) is 16.9. The molecule has 0 aromatic heterocycles. The van der Waals surface area contributed by atoms with Crippen LogP contribution in [0.5, 0.6) is 0 Å². The van der Waals surface area contributed by atoms with Crippen LogP contribution in [0.25, 0.3) is 0 Å². The van der Waals surface area contributed by atoms with E-state index in [-0.39, 0.29) is 24.8 Å². The Labute approximate surface area is 153 Å². The average molecular weight is 373 g/mol. The Hall–Kier alpha value is -1.32. The molecule has 0 spiro atoms. The molecule has 1 unspecified atom stereocenters. The van der Waals surface area contributed by atoms with Crippen molar-refractivity contribution in [1.29, 1.82) is 5.26 Å². The lowest BCUT2D eigenvalue weighted by molar-refractivity contribution is -0.143. The first-order valence-corrected chi connectivity index (χ1v) is 8.09. The van der Waals surface area contributed by atoms with E-state index in [2.05, 4.69) is 6.07 Å². The molecule has 1 atom stereocenters. The van der Waals surface area contributed by atoms with Gasteiger partial charge >= 0.3 is 5.97 Å². The van der Waals surface area contributed by atoms with Gasteiger partial charge in [-0.3, -0.25) is 4.79 Å². The predicted octanol–water partition coefficient (Wildman–Crippen LogP) is 3.29. The van der Waals surface area contributed by atoms with Crippen LogP contribution in [-0.4, -0.2) is 25.8 Å². The summed E-state index contributed by atoms with van der Waals surface area (Å²) in [6.07, 6.45) is 1.32. The van der Waals surface area contributed by atoms with Crippen molar-refractivity contribution in [3.63, 3.8) is 0 Å². The van der Waals surface area contributed by atoms with E-state index in [1.54, 1.807) is 19.1 Å². The highest BCUT2D eigenvalue weighted by Crippen LogP contribution is 2.37. The second-order valence-electron chi connectivity index (χ2n) is 5.70. The van der Waals surface area contributed by atoms with E-state index in [1.165, 1.54) is 0 Å².